The molecule has 5 heteroatoms. The number of nitrogens with one attached hydrogen (secondary N) is 1. The molecule has 0 unspecified atom stereocenters. The number of aromatic carboxylic acids is 1. The van der Waals surface area contributed by atoms with Crippen molar-refractivity contribution in [2.75, 3.05) is 5.32 Å². The minimum atomic E-state index is -1.05. The highest BCUT2D eigenvalue weighted by molar-refractivity contribution is 9.10. The number of carboxylic acids is 1. The molecule has 0 aliphatic carbocycles. The Morgan fingerprint density at radius 1 is 1.39 bits per heavy atom. The van der Waals surface area contributed by atoms with E-state index in [2.05, 4.69) is 21.2 Å². The van der Waals surface area contributed by atoms with Crippen LogP contribution < -0.4 is 5.32 Å². The SMILES string of the molecule is Cc1oc(C(=O)O)cc1CNc1ccc(Br)cc1. The molecule has 0 bridgehead atoms. The molecule has 0 atom stereocenters. The number of aryl methyl sites for hydroxylation is 1. The van der Waals surface area contributed by atoms with E-state index in [0.717, 1.165) is 15.7 Å². The third-order valence-corrected chi connectivity index (χ3v) is 3.09. The number of hydrogen-bond donors (Lipinski definition) is 2. The van der Waals surface area contributed by atoms with E-state index in [1.165, 1.54) is 0 Å². The molecule has 2 rings (SSSR count). The van der Waals surface area contributed by atoms with Gasteiger partial charge in [0.05, 0.1) is 0 Å². The van der Waals surface area contributed by atoms with Gasteiger partial charge in [-0.3, -0.25) is 0 Å². The lowest BCUT2D eigenvalue weighted by molar-refractivity contribution is 0.0661. The van der Waals surface area contributed by atoms with Crippen LogP contribution in [0, 0.1) is 6.92 Å². The molecule has 0 amide bonds. The summed E-state index contributed by atoms with van der Waals surface area (Å²) in [6.07, 6.45) is 0. The van der Waals surface area contributed by atoms with Crippen molar-refractivity contribution >= 4 is 27.6 Å². The molecule has 2 aromatic rings. The Balaban J connectivity index is 2.06. The van der Waals surface area contributed by atoms with E-state index in [4.69, 9.17) is 9.52 Å². The fraction of sp³-hybridized carbons (Fsp3) is 0.154. The Kier molecular flexibility index (Phi) is 3.72. The first-order valence-corrected chi connectivity index (χ1v) is 6.17. The van der Waals surface area contributed by atoms with Gasteiger partial charge in [-0.1, -0.05) is 15.9 Å². The van der Waals surface area contributed by atoms with Crippen molar-refractivity contribution in [1.29, 1.82) is 0 Å². The van der Waals surface area contributed by atoms with Crippen LogP contribution in [0.2, 0.25) is 0 Å². The van der Waals surface area contributed by atoms with E-state index < -0.39 is 5.97 Å². The van der Waals surface area contributed by atoms with Crippen LogP contribution in [-0.2, 0) is 6.54 Å². The molecular weight excluding hydrogens is 298 g/mol. The number of carbonyl (C=O) groups is 1. The van der Waals surface area contributed by atoms with Crippen LogP contribution in [0.5, 0.6) is 0 Å². The monoisotopic (exact) mass is 309 g/mol. The molecule has 94 valence electrons. The first-order valence-electron chi connectivity index (χ1n) is 5.38. The van der Waals surface area contributed by atoms with Crippen molar-refractivity contribution in [3.05, 3.63) is 51.9 Å². The highest BCUT2D eigenvalue weighted by Crippen LogP contribution is 2.18. The topological polar surface area (TPSA) is 62.5 Å². The van der Waals surface area contributed by atoms with Gasteiger partial charge in [0, 0.05) is 22.3 Å². The lowest BCUT2D eigenvalue weighted by Crippen LogP contribution is -1.99. The summed E-state index contributed by atoms with van der Waals surface area (Å²) in [5.74, 6) is -0.454. The minimum absolute atomic E-state index is 0.0277. The third kappa shape index (κ3) is 2.92. The summed E-state index contributed by atoms with van der Waals surface area (Å²) in [5.41, 5.74) is 1.81. The Labute approximate surface area is 113 Å². The number of halogens is 1. The van der Waals surface area contributed by atoms with E-state index in [0.29, 0.717) is 12.3 Å². The summed E-state index contributed by atoms with van der Waals surface area (Å²) in [7, 11) is 0. The van der Waals surface area contributed by atoms with Crippen molar-refractivity contribution in [2.24, 2.45) is 0 Å². The highest BCUT2D eigenvalue weighted by Gasteiger charge is 2.12. The zero-order chi connectivity index (χ0) is 13.1. The molecule has 0 saturated carbocycles. The smallest absolute Gasteiger partial charge is 0.371 e. The summed E-state index contributed by atoms with van der Waals surface area (Å²) >= 11 is 3.36. The van der Waals surface area contributed by atoms with Gasteiger partial charge in [-0.05, 0) is 37.3 Å². The van der Waals surface area contributed by atoms with E-state index in [1.807, 2.05) is 24.3 Å². The normalized spacial score (nSPS) is 10.3. The van der Waals surface area contributed by atoms with E-state index >= 15 is 0 Å². The first kappa shape index (κ1) is 12.7. The van der Waals surface area contributed by atoms with Crippen LogP contribution in [-0.4, -0.2) is 11.1 Å². The van der Waals surface area contributed by atoms with Crippen LogP contribution in [0.4, 0.5) is 5.69 Å². The maximum absolute atomic E-state index is 10.8. The van der Waals surface area contributed by atoms with E-state index in [-0.39, 0.29) is 5.76 Å². The first-order chi connectivity index (χ1) is 8.56. The second-order valence-corrected chi connectivity index (χ2v) is 4.77. The molecule has 18 heavy (non-hydrogen) atoms. The predicted octanol–water partition coefficient (Wildman–Crippen LogP) is 3.66. The minimum Gasteiger partial charge on any atom is -0.475 e. The number of carboxylic acid groups (broad SMARTS) is 1. The Hall–Kier alpha value is -1.75. The maximum Gasteiger partial charge on any atom is 0.371 e. The van der Waals surface area contributed by atoms with Crippen molar-refractivity contribution in [1.82, 2.24) is 0 Å². The predicted molar refractivity (Wildman–Crippen MR) is 71.9 cm³/mol. The summed E-state index contributed by atoms with van der Waals surface area (Å²) in [6, 6.07) is 9.30. The van der Waals surface area contributed by atoms with Gasteiger partial charge in [0.15, 0.2) is 0 Å². The molecule has 2 N–H and O–H groups in total. The Bertz CT molecular complexity index is 560. The molecule has 1 heterocycles. The van der Waals surface area contributed by atoms with Crippen LogP contribution in [0.1, 0.15) is 21.9 Å². The molecule has 0 fully saturated rings. The van der Waals surface area contributed by atoms with Crippen molar-refractivity contribution in [3.63, 3.8) is 0 Å². The van der Waals surface area contributed by atoms with Gasteiger partial charge in [0.2, 0.25) is 5.76 Å². The zero-order valence-electron chi connectivity index (χ0n) is 9.74. The molecule has 4 nitrogen and oxygen atoms in total. The van der Waals surface area contributed by atoms with Crippen LogP contribution in [0.15, 0.2) is 39.2 Å². The lowest BCUT2D eigenvalue weighted by Gasteiger charge is -2.05. The van der Waals surface area contributed by atoms with E-state index in [1.54, 1.807) is 13.0 Å². The van der Waals surface area contributed by atoms with Gasteiger partial charge in [0.1, 0.15) is 5.76 Å². The summed E-state index contributed by atoms with van der Waals surface area (Å²) < 4.78 is 6.15. The third-order valence-electron chi connectivity index (χ3n) is 2.56. The maximum atomic E-state index is 10.8. The fourth-order valence-electron chi connectivity index (χ4n) is 1.57. The standard InChI is InChI=1S/C13H12BrNO3/c1-8-9(6-12(18-8)13(16)17)7-15-11-4-2-10(14)3-5-11/h2-6,15H,7H2,1H3,(H,16,17). The molecular formula is C13H12BrNO3. The van der Waals surface area contributed by atoms with Gasteiger partial charge in [-0.2, -0.15) is 0 Å². The van der Waals surface area contributed by atoms with Crippen LogP contribution in [0.25, 0.3) is 0 Å². The van der Waals surface area contributed by atoms with Gasteiger partial charge < -0.3 is 14.8 Å². The molecule has 0 saturated heterocycles. The second-order valence-electron chi connectivity index (χ2n) is 3.86. The number of anilines is 1. The van der Waals surface area contributed by atoms with Gasteiger partial charge in [0.25, 0.3) is 0 Å². The lowest BCUT2D eigenvalue weighted by atomic mass is 10.2. The molecule has 1 aromatic heterocycles. The largest absolute Gasteiger partial charge is 0.475 e. The molecule has 0 aliphatic heterocycles. The summed E-state index contributed by atoms with van der Waals surface area (Å²) in [6.45, 7) is 2.29. The zero-order valence-corrected chi connectivity index (χ0v) is 11.3. The number of rotatable bonds is 4. The van der Waals surface area contributed by atoms with Gasteiger partial charge in [-0.15, -0.1) is 0 Å². The van der Waals surface area contributed by atoms with Crippen molar-refractivity contribution in [2.45, 2.75) is 13.5 Å². The van der Waals surface area contributed by atoms with Crippen molar-refractivity contribution < 1.29 is 14.3 Å². The van der Waals surface area contributed by atoms with Gasteiger partial charge >= 0.3 is 5.97 Å². The number of benzene rings is 1. The van der Waals surface area contributed by atoms with Crippen LogP contribution >= 0.6 is 15.9 Å². The number of hydrogen-bond acceptors (Lipinski definition) is 3. The average Bonchev–Trinajstić information content (AvgIpc) is 2.70. The summed E-state index contributed by atoms with van der Waals surface area (Å²) in [4.78, 5) is 10.8. The van der Waals surface area contributed by atoms with Gasteiger partial charge in [-0.25, -0.2) is 4.79 Å². The molecule has 0 radical (unpaired) electrons. The van der Waals surface area contributed by atoms with Crippen LogP contribution in [0.3, 0.4) is 0 Å². The second kappa shape index (κ2) is 5.27. The molecule has 0 aliphatic rings. The van der Waals surface area contributed by atoms with Crippen molar-refractivity contribution in [3.8, 4) is 0 Å². The Morgan fingerprint density at radius 2 is 2.06 bits per heavy atom. The highest BCUT2D eigenvalue weighted by atomic mass is 79.9. The average molecular weight is 310 g/mol. The Morgan fingerprint density at radius 3 is 2.61 bits per heavy atom. The molecule has 1 aromatic carbocycles. The summed E-state index contributed by atoms with van der Waals surface area (Å²) in [5, 5.41) is 12.0. The molecule has 0 spiro atoms. The quantitative estimate of drug-likeness (QED) is 0.904. The number of furan rings is 1. The fourth-order valence-corrected chi connectivity index (χ4v) is 1.83. The van der Waals surface area contributed by atoms with E-state index in [9.17, 15) is 4.79 Å².